The van der Waals surface area contributed by atoms with Crippen LogP contribution in [0, 0.1) is 0 Å². The Balaban J connectivity index is 2.06. The lowest BCUT2D eigenvalue weighted by molar-refractivity contribution is -0.128. The maximum absolute atomic E-state index is 11.9. The summed E-state index contributed by atoms with van der Waals surface area (Å²) in [5.74, 6) is -2.85. The van der Waals surface area contributed by atoms with Gasteiger partial charge in [-0.3, -0.25) is 14.4 Å². The van der Waals surface area contributed by atoms with Crippen molar-refractivity contribution in [3.8, 4) is 0 Å². The summed E-state index contributed by atoms with van der Waals surface area (Å²) in [7, 11) is 0. The number of rotatable bonds is 6. The molecule has 0 aliphatic rings. The van der Waals surface area contributed by atoms with E-state index in [1.807, 2.05) is 30.3 Å². The summed E-state index contributed by atoms with van der Waals surface area (Å²) < 4.78 is 1.45. The van der Waals surface area contributed by atoms with Crippen molar-refractivity contribution < 1.29 is 14.4 Å². The molecule has 0 aliphatic carbocycles. The summed E-state index contributed by atoms with van der Waals surface area (Å²) in [4.78, 5) is 33.9. The van der Waals surface area contributed by atoms with Crippen LogP contribution in [-0.4, -0.2) is 38.8 Å². The summed E-state index contributed by atoms with van der Waals surface area (Å²) in [6.07, 6.45) is 1.39. The first kappa shape index (κ1) is 15.2. The summed E-state index contributed by atoms with van der Waals surface area (Å²) in [6.45, 7) is 0.427. The zero-order valence-electron chi connectivity index (χ0n) is 11.5. The number of aromatic nitrogens is 3. The van der Waals surface area contributed by atoms with Gasteiger partial charge in [0.1, 0.15) is 0 Å². The molecule has 0 unspecified atom stereocenters. The molecule has 9 heteroatoms. The highest BCUT2D eigenvalue weighted by Crippen LogP contribution is 2.02. The van der Waals surface area contributed by atoms with Gasteiger partial charge >= 0.3 is 0 Å². The molecule has 0 saturated heterocycles. The molecule has 0 saturated carbocycles. The second kappa shape index (κ2) is 6.48. The van der Waals surface area contributed by atoms with Crippen LogP contribution in [0.5, 0.6) is 0 Å². The summed E-state index contributed by atoms with van der Waals surface area (Å²) in [5.41, 5.74) is 10.9. The largest absolute Gasteiger partial charge is 0.367 e. The number of hydrogen-bond donors (Lipinski definition) is 3. The molecule has 0 spiro atoms. The average molecular weight is 302 g/mol. The highest BCUT2D eigenvalue weighted by atomic mass is 16.2. The Kier molecular flexibility index (Phi) is 4.47. The molecular weight excluding hydrogens is 288 g/mol. The maximum Gasteiger partial charge on any atom is 0.274 e. The van der Waals surface area contributed by atoms with Crippen LogP contribution < -0.4 is 16.8 Å². The van der Waals surface area contributed by atoms with Crippen LogP contribution in [0.1, 0.15) is 16.1 Å². The monoisotopic (exact) mass is 302 g/mol. The molecule has 22 heavy (non-hydrogen) atoms. The standard InChI is InChI=1S/C13H14N6O3/c14-11(20)10(12(15)21)16-13(22)9-7-19(18-17-9)6-8-4-2-1-3-5-8/h1-5,7,10H,6H2,(H2,14,20)(H2,15,21)(H,16,22). The van der Waals surface area contributed by atoms with Crippen molar-refractivity contribution in [1.29, 1.82) is 0 Å². The highest BCUT2D eigenvalue weighted by molar-refractivity contribution is 6.07. The maximum atomic E-state index is 11.9. The van der Waals surface area contributed by atoms with Crippen molar-refractivity contribution in [1.82, 2.24) is 20.3 Å². The number of hydrogen-bond acceptors (Lipinski definition) is 5. The zero-order valence-corrected chi connectivity index (χ0v) is 11.5. The molecule has 2 rings (SSSR count). The van der Waals surface area contributed by atoms with E-state index in [2.05, 4.69) is 15.6 Å². The molecule has 2 aromatic rings. The van der Waals surface area contributed by atoms with Crippen molar-refractivity contribution in [2.45, 2.75) is 12.6 Å². The van der Waals surface area contributed by atoms with Gasteiger partial charge in [-0.15, -0.1) is 5.10 Å². The summed E-state index contributed by atoms with van der Waals surface area (Å²) in [5, 5.41) is 9.59. The topological polar surface area (TPSA) is 146 Å². The Hall–Kier alpha value is -3.23. The molecule has 3 amide bonds. The third-order valence-corrected chi connectivity index (χ3v) is 2.80. The van der Waals surface area contributed by atoms with Crippen LogP contribution in [0.4, 0.5) is 0 Å². The SMILES string of the molecule is NC(=O)C(NC(=O)c1cn(Cc2ccccc2)nn1)C(N)=O. The quantitative estimate of drug-likeness (QED) is 0.550. The normalized spacial score (nSPS) is 10.4. The Morgan fingerprint density at radius 1 is 1.14 bits per heavy atom. The van der Waals surface area contributed by atoms with Crippen LogP contribution in [0.15, 0.2) is 36.5 Å². The van der Waals surface area contributed by atoms with Crippen molar-refractivity contribution in [3.63, 3.8) is 0 Å². The van der Waals surface area contributed by atoms with E-state index in [0.29, 0.717) is 6.54 Å². The summed E-state index contributed by atoms with van der Waals surface area (Å²) >= 11 is 0. The summed E-state index contributed by atoms with van der Waals surface area (Å²) in [6, 6.07) is 7.85. The lowest BCUT2D eigenvalue weighted by Gasteiger charge is -2.09. The van der Waals surface area contributed by atoms with Gasteiger partial charge in [-0.25, -0.2) is 4.68 Å². The van der Waals surface area contributed by atoms with E-state index in [0.717, 1.165) is 5.56 Å². The van der Waals surface area contributed by atoms with Gasteiger partial charge in [0, 0.05) is 0 Å². The average Bonchev–Trinajstić information content (AvgIpc) is 2.93. The molecular formula is C13H14N6O3. The van der Waals surface area contributed by atoms with Gasteiger partial charge in [0.2, 0.25) is 11.8 Å². The third kappa shape index (κ3) is 3.66. The minimum absolute atomic E-state index is 0.0524. The molecule has 1 aromatic heterocycles. The molecule has 0 fully saturated rings. The zero-order chi connectivity index (χ0) is 16.1. The van der Waals surface area contributed by atoms with Crippen LogP contribution in [0.2, 0.25) is 0 Å². The molecule has 114 valence electrons. The van der Waals surface area contributed by atoms with Crippen molar-refractivity contribution in [3.05, 3.63) is 47.8 Å². The molecule has 0 bridgehead atoms. The molecule has 5 N–H and O–H groups in total. The van der Waals surface area contributed by atoms with E-state index < -0.39 is 23.8 Å². The first-order valence-electron chi connectivity index (χ1n) is 6.31. The number of nitrogens with zero attached hydrogens (tertiary/aromatic N) is 3. The Morgan fingerprint density at radius 3 is 2.36 bits per heavy atom. The smallest absolute Gasteiger partial charge is 0.274 e. The molecule has 1 heterocycles. The number of carbonyl (C=O) groups excluding carboxylic acids is 3. The second-order valence-corrected chi connectivity index (χ2v) is 4.50. The molecule has 1 aromatic carbocycles. The van der Waals surface area contributed by atoms with Gasteiger partial charge in [-0.1, -0.05) is 35.5 Å². The van der Waals surface area contributed by atoms with Crippen LogP contribution in [0.3, 0.4) is 0 Å². The van der Waals surface area contributed by atoms with E-state index in [4.69, 9.17) is 11.5 Å². The van der Waals surface area contributed by atoms with Crippen LogP contribution in [0.25, 0.3) is 0 Å². The third-order valence-electron chi connectivity index (χ3n) is 2.80. The highest BCUT2D eigenvalue weighted by Gasteiger charge is 2.25. The number of nitrogens with two attached hydrogens (primary N) is 2. The lowest BCUT2D eigenvalue weighted by atomic mass is 10.2. The van der Waals surface area contributed by atoms with Gasteiger partial charge < -0.3 is 16.8 Å². The van der Waals surface area contributed by atoms with E-state index in [-0.39, 0.29) is 5.69 Å². The van der Waals surface area contributed by atoms with E-state index in [1.165, 1.54) is 10.9 Å². The second-order valence-electron chi connectivity index (χ2n) is 4.50. The number of amides is 3. The van der Waals surface area contributed by atoms with Gasteiger partial charge in [-0.05, 0) is 5.56 Å². The number of primary amides is 2. The lowest BCUT2D eigenvalue weighted by Crippen LogP contribution is -2.52. The van der Waals surface area contributed by atoms with E-state index in [9.17, 15) is 14.4 Å². The van der Waals surface area contributed by atoms with Crippen LogP contribution in [-0.2, 0) is 16.1 Å². The fourth-order valence-corrected chi connectivity index (χ4v) is 1.74. The number of nitrogens with one attached hydrogen (secondary N) is 1. The van der Waals surface area contributed by atoms with Gasteiger partial charge in [0.15, 0.2) is 11.7 Å². The molecule has 0 radical (unpaired) electrons. The predicted molar refractivity (Wildman–Crippen MR) is 75.2 cm³/mol. The Labute approximate surface area is 125 Å². The molecule has 0 aliphatic heterocycles. The fourth-order valence-electron chi connectivity index (χ4n) is 1.74. The predicted octanol–water partition coefficient (Wildman–Crippen LogP) is -1.60. The van der Waals surface area contributed by atoms with Crippen molar-refractivity contribution in [2.24, 2.45) is 11.5 Å². The van der Waals surface area contributed by atoms with E-state index in [1.54, 1.807) is 0 Å². The number of carbonyl (C=O) groups is 3. The van der Waals surface area contributed by atoms with Crippen molar-refractivity contribution in [2.75, 3.05) is 0 Å². The first-order valence-corrected chi connectivity index (χ1v) is 6.31. The van der Waals surface area contributed by atoms with Gasteiger partial charge in [0.25, 0.3) is 5.91 Å². The number of benzene rings is 1. The first-order chi connectivity index (χ1) is 10.5. The molecule has 9 nitrogen and oxygen atoms in total. The van der Waals surface area contributed by atoms with Gasteiger partial charge in [-0.2, -0.15) is 0 Å². The van der Waals surface area contributed by atoms with Gasteiger partial charge in [0.05, 0.1) is 12.7 Å². The van der Waals surface area contributed by atoms with Crippen molar-refractivity contribution >= 4 is 17.7 Å². The Bertz CT molecular complexity index is 683. The fraction of sp³-hybridized carbons (Fsp3) is 0.154. The van der Waals surface area contributed by atoms with E-state index >= 15 is 0 Å². The molecule has 0 atom stereocenters. The minimum atomic E-state index is -1.59. The minimum Gasteiger partial charge on any atom is -0.367 e. The Morgan fingerprint density at radius 2 is 1.77 bits per heavy atom. The van der Waals surface area contributed by atoms with Crippen LogP contribution >= 0.6 is 0 Å².